The fraction of sp³-hybridized carbons (Fsp3) is 0.220. The summed E-state index contributed by atoms with van der Waals surface area (Å²) in [4.78, 5) is 16.5. The van der Waals surface area contributed by atoms with E-state index in [-0.39, 0.29) is 54.0 Å². The molecular formula is C41H37Cl3F3N5O5. The van der Waals surface area contributed by atoms with Crippen LogP contribution in [-0.2, 0) is 16.8 Å². The summed E-state index contributed by atoms with van der Waals surface area (Å²) >= 11 is 6.07. The molecule has 1 spiro atoms. The molecule has 1 fully saturated rings. The maximum atomic E-state index is 12.7. The minimum atomic E-state index is -4.84. The van der Waals surface area contributed by atoms with Crippen molar-refractivity contribution in [2.75, 3.05) is 26.2 Å². The average molecular weight is 843 g/mol. The van der Waals surface area contributed by atoms with E-state index in [1.54, 1.807) is 12.1 Å². The molecule has 0 atom stereocenters. The molecular weight excluding hydrogens is 806 g/mol. The highest BCUT2D eigenvalue weighted by atomic mass is 35.5. The quantitative estimate of drug-likeness (QED) is 0.197. The molecule has 57 heavy (non-hydrogen) atoms. The average Bonchev–Trinajstić information content (AvgIpc) is 3.79. The number of aliphatic carboxylic acids is 1. The normalized spacial score (nSPS) is 14.2. The van der Waals surface area contributed by atoms with E-state index >= 15 is 0 Å². The van der Waals surface area contributed by atoms with Crippen LogP contribution in [0.15, 0.2) is 127 Å². The maximum Gasteiger partial charge on any atom is 0.573 e. The van der Waals surface area contributed by atoms with E-state index in [2.05, 4.69) is 4.74 Å². The third kappa shape index (κ3) is 10.3. The molecule has 10 nitrogen and oxygen atoms in total. The molecule has 16 heteroatoms. The lowest BCUT2D eigenvalue weighted by atomic mass is 9.74. The van der Waals surface area contributed by atoms with Crippen molar-refractivity contribution in [3.63, 3.8) is 0 Å². The molecule has 3 heterocycles. The smallest absolute Gasteiger partial charge is 0.573 e. The van der Waals surface area contributed by atoms with Crippen LogP contribution in [0.5, 0.6) is 17.2 Å². The Morgan fingerprint density at radius 3 is 2.19 bits per heavy atom. The van der Waals surface area contributed by atoms with Crippen molar-refractivity contribution in [3.8, 4) is 40.0 Å². The summed E-state index contributed by atoms with van der Waals surface area (Å²) in [5, 5.41) is 18.5. The van der Waals surface area contributed by atoms with Gasteiger partial charge in [0, 0.05) is 21.8 Å². The van der Waals surface area contributed by atoms with Gasteiger partial charge in [0.25, 0.3) is 0 Å². The van der Waals surface area contributed by atoms with Gasteiger partial charge in [0.2, 0.25) is 0 Å². The molecule has 1 N–H and O–H groups in total. The van der Waals surface area contributed by atoms with Crippen molar-refractivity contribution >= 4 is 30.0 Å². The van der Waals surface area contributed by atoms with Crippen molar-refractivity contribution in [2.45, 2.75) is 31.2 Å². The zero-order chi connectivity index (χ0) is 38.4. The van der Waals surface area contributed by atoms with E-state index < -0.39 is 18.1 Å². The molecule has 5 aromatic carbocycles. The van der Waals surface area contributed by atoms with Crippen LogP contribution in [0.25, 0.3) is 22.8 Å². The second kappa shape index (κ2) is 18.7. The summed E-state index contributed by atoms with van der Waals surface area (Å²) in [6, 6.07) is 39.4. The van der Waals surface area contributed by atoms with Gasteiger partial charge < -0.3 is 31.7 Å². The number of piperidine rings is 1. The van der Waals surface area contributed by atoms with E-state index in [4.69, 9.17) is 36.4 Å². The molecule has 1 aromatic heterocycles. The highest BCUT2D eigenvalue weighted by Gasteiger charge is 2.43. The molecule has 2 aliphatic heterocycles. The standard InChI is InChI=1S/C22H21ClF3NO5.C19H15N4.2ClH/c23-17-2-1-3-18(32-22(24,25)26)15(17)12-30-14-4-5-16-19(10-14)31-13-21(16)6-8-27(9-7-21)11-20(28)29;1-4-10-16(11-5-1)19-20-22(17-12-6-2-7-13-17)23(21-19)18-14-8-3-9-15-18;;/h1-5,10H,6-9,11-13H2,(H,28,29);1-15H;2*1H/q;+1;;/p-1. The Balaban J connectivity index is 0.000000220. The number of rotatable bonds is 9. The molecule has 8 rings (SSSR count). The second-order valence-electron chi connectivity index (χ2n) is 13.1. The molecule has 0 radical (unpaired) electrons. The molecule has 6 aromatic rings. The lowest BCUT2D eigenvalue weighted by molar-refractivity contribution is -0.734. The van der Waals surface area contributed by atoms with Crippen LogP contribution in [-0.4, -0.2) is 63.6 Å². The number of hydrogen-bond acceptors (Lipinski definition) is 7. The third-order valence-electron chi connectivity index (χ3n) is 9.45. The van der Waals surface area contributed by atoms with Crippen LogP contribution in [0.3, 0.4) is 0 Å². The Morgan fingerprint density at radius 1 is 0.895 bits per heavy atom. The van der Waals surface area contributed by atoms with Gasteiger partial charge in [-0.3, -0.25) is 9.69 Å². The number of nitrogens with zero attached hydrogens (tertiary/aromatic N) is 5. The number of carboxylic acids is 1. The largest absolute Gasteiger partial charge is 1.00 e. The summed E-state index contributed by atoms with van der Waals surface area (Å²) in [5.41, 5.74) is 3.89. The van der Waals surface area contributed by atoms with Crippen molar-refractivity contribution < 1.29 is 54.5 Å². The predicted octanol–water partition coefficient (Wildman–Crippen LogP) is 5.27. The minimum absolute atomic E-state index is 0. The van der Waals surface area contributed by atoms with E-state index in [0.29, 0.717) is 37.0 Å². The van der Waals surface area contributed by atoms with Crippen LogP contribution < -0.4 is 31.4 Å². The third-order valence-corrected chi connectivity index (χ3v) is 9.80. The summed E-state index contributed by atoms with van der Waals surface area (Å²) in [6.07, 6.45) is -3.27. The molecule has 298 valence electrons. The Kier molecular flexibility index (Phi) is 14.1. The molecule has 0 unspecified atom stereocenters. The number of aromatic nitrogens is 4. The number of para-hydroxylation sites is 2. The van der Waals surface area contributed by atoms with Gasteiger partial charge in [-0.25, -0.2) is 0 Å². The fourth-order valence-corrected chi connectivity index (χ4v) is 6.91. The summed E-state index contributed by atoms with van der Waals surface area (Å²) in [7, 11) is 0. The Bertz CT molecular complexity index is 2190. The molecule has 0 aliphatic carbocycles. The molecule has 0 bridgehead atoms. The van der Waals surface area contributed by atoms with Crippen LogP contribution in [0, 0.1) is 0 Å². The van der Waals surface area contributed by atoms with E-state index in [9.17, 15) is 18.0 Å². The summed E-state index contributed by atoms with van der Waals surface area (Å²) in [6.45, 7) is 1.66. The summed E-state index contributed by atoms with van der Waals surface area (Å²) in [5.74, 6) is 0.544. The zero-order valence-electron chi connectivity index (χ0n) is 30.2. The van der Waals surface area contributed by atoms with Crippen molar-refractivity contribution in [3.05, 3.63) is 144 Å². The van der Waals surface area contributed by atoms with Gasteiger partial charge in [0.05, 0.1) is 34.4 Å². The zero-order valence-corrected chi connectivity index (χ0v) is 32.5. The highest BCUT2D eigenvalue weighted by molar-refractivity contribution is 6.31. The van der Waals surface area contributed by atoms with Gasteiger partial charge in [-0.15, -0.1) is 25.6 Å². The fourth-order valence-electron chi connectivity index (χ4n) is 6.69. The van der Waals surface area contributed by atoms with Crippen molar-refractivity contribution in [1.29, 1.82) is 0 Å². The van der Waals surface area contributed by atoms with Crippen LogP contribution in [0.4, 0.5) is 13.2 Å². The molecule has 1 saturated heterocycles. The molecule has 0 amide bonds. The first-order valence-electron chi connectivity index (χ1n) is 17.5. The van der Waals surface area contributed by atoms with Crippen LogP contribution in [0.1, 0.15) is 24.0 Å². The second-order valence-corrected chi connectivity index (χ2v) is 13.5. The van der Waals surface area contributed by atoms with E-state index in [1.807, 2.05) is 112 Å². The van der Waals surface area contributed by atoms with E-state index in [1.165, 1.54) is 18.2 Å². The van der Waals surface area contributed by atoms with Gasteiger partial charge >= 0.3 is 18.2 Å². The molecule has 0 saturated carbocycles. The Morgan fingerprint density at radius 2 is 1.54 bits per heavy atom. The SMILES string of the molecule is Cl.O=C(O)CN1CCC2(CC1)COc1cc(OCc3c(Cl)cccc3OC(F)(F)F)ccc12.[Cl-].c1ccc(-c2nn(-c3ccccc3)[n+](-c3ccccc3)n2)cc1. The monoisotopic (exact) mass is 841 g/mol. The highest BCUT2D eigenvalue weighted by Crippen LogP contribution is 2.47. The first-order valence-corrected chi connectivity index (χ1v) is 17.9. The number of likely N-dealkylation sites (tertiary alicyclic amines) is 1. The Hall–Kier alpha value is -5.34. The van der Waals surface area contributed by atoms with Crippen LogP contribution >= 0.6 is 24.0 Å². The van der Waals surface area contributed by atoms with Gasteiger partial charge in [-0.05, 0) is 90.4 Å². The summed E-state index contributed by atoms with van der Waals surface area (Å²) < 4.78 is 53.7. The number of carboxylic acid groups (broad SMARTS) is 1. The lowest BCUT2D eigenvalue weighted by Crippen LogP contribution is -3.00. The number of fused-ring (bicyclic) bond motifs is 2. The predicted molar refractivity (Wildman–Crippen MR) is 205 cm³/mol. The number of ether oxygens (including phenoxy) is 3. The lowest BCUT2D eigenvalue weighted by Gasteiger charge is -2.37. The number of tetrazole rings is 1. The van der Waals surface area contributed by atoms with Crippen LogP contribution in [0.2, 0.25) is 5.02 Å². The first kappa shape index (κ1) is 42.8. The number of benzene rings is 5. The topological polar surface area (TPSA) is 103 Å². The van der Waals surface area contributed by atoms with Gasteiger partial charge in [-0.2, -0.15) is 0 Å². The number of carbonyl (C=O) groups is 1. The molecule has 2 aliphatic rings. The minimum Gasteiger partial charge on any atom is -1.00 e. The van der Waals surface area contributed by atoms with Gasteiger partial charge in [-0.1, -0.05) is 78.3 Å². The Labute approximate surface area is 344 Å². The van der Waals surface area contributed by atoms with Crippen molar-refractivity contribution in [1.82, 2.24) is 19.9 Å². The maximum absolute atomic E-state index is 12.7. The number of hydrogen-bond donors (Lipinski definition) is 1. The van der Waals surface area contributed by atoms with Gasteiger partial charge in [0.15, 0.2) is 5.69 Å². The first-order chi connectivity index (χ1) is 26.6. The van der Waals surface area contributed by atoms with E-state index in [0.717, 1.165) is 35.3 Å². The number of alkyl halides is 3. The number of halogens is 6. The van der Waals surface area contributed by atoms with Gasteiger partial charge in [0.1, 0.15) is 29.5 Å². The van der Waals surface area contributed by atoms with Crippen molar-refractivity contribution in [2.24, 2.45) is 0 Å².